The lowest BCUT2D eigenvalue weighted by Crippen LogP contribution is -2.21. The predicted octanol–water partition coefficient (Wildman–Crippen LogP) is -0.766. The van der Waals surface area contributed by atoms with Crippen LogP contribution in [-0.4, -0.2) is 25.2 Å². The maximum atomic E-state index is 11.1. The van der Waals surface area contributed by atoms with Gasteiger partial charge in [0.1, 0.15) is 5.92 Å². The molecule has 1 unspecified atom stereocenters. The van der Waals surface area contributed by atoms with E-state index in [9.17, 15) is 18.0 Å². The molecule has 0 radical (unpaired) electrons. The highest BCUT2D eigenvalue weighted by Gasteiger charge is 2.43. The molecule has 0 N–H and O–H groups in total. The summed E-state index contributed by atoms with van der Waals surface area (Å²) in [6.45, 7) is 0. The minimum absolute atomic E-state index is 0.0803. The lowest BCUT2D eigenvalue weighted by atomic mass is 9.94. The Labute approximate surface area is 80.2 Å². The Hall–Kier alpha value is -1.69. The van der Waals surface area contributed by atoms with Crippen LogP contribution in [0.1, 0.15) is 0 Å². The Bertz CT molecular complexity index is 512. The van der Waals surface area contributed by atoms with Gasteiger partial charge in [0.15, 0.2) is 0 Å². The number of esters is 2. The summed E-state index contributed by atoms with van der Waals surface area (Å²) in [6.07, 6.45) is 4.06. The number of hydrogen-bond donors (Lipinski definition) is 0. The van der Waals surface area contributed by atoms with E-state index < -0.39 is 28.1 Å². The first kappa shape index (κ1) is 8.89. The highest BCUT2D eigenvalue weighted by molar-refractivity contribution is 7.73. The highest BCUT2D eigenvalue weighted by Crippen LogP contribution is 2.27. The zero-order valence-electron chi connectivity index (χ0n) is 6.76. The fraction of sp³-hybridized carbons (Fsp3) is 0.125. The number of ether oxygens (including phenoxy) is 1. The van der Waals surface area contributed by atoms with Gasteiger partial charge in [-0.15, -0.1) is 0 Å². The second-order valence-corrected chi connectivity index (χ2v) is 3.70. The van der Waals surface area contributed by atoms with Crippen LogP contribution in [0.4, 0.5) is 0 Å². The van der Waals surface area contributed by atoms with Crippen LogP contribution in [0.2, 0.25) is 0 Å². The molecule has 0 saturated carbocycles. The van der Waals surface area contributed by atoms with Crippen LogP contribution in [0, 0.1) is 5.92 Å². The Balaban J connectivity index is 2.65. The van der Waals surface area contributed by atoms with E-state index in [0.717, 1.165) is 0 Å². The van der Waals surface area contributed by atoms with Crippen molar-refractivity contribution < 1.29 is 22.7 Å². The van der Waals surface area contributed by atoms with Gasteiger partial charge in [-0.2, -0.15) is 8.42 Å². The van der Waals surface area contributed by atoms with E-state index in [-0.39, 0.29) is 10.4 Å². The molecule has 0 aromatic carbocycles. The molecule has 0 bridgehead atoms. The largest absolute Gasteiger partial charge is 0.389 e. The quantitative estimate of drug-likeness (QED) is 0.299. The van der Waals surface area contributed by atoms with E-state index in [2.05, 4.69) is 4.74 Å². The summed E-state index contributed by atoms with van der Waals surface area (Å²) in [5.74, 6) is -2.66. The lowest BCUT2D eigenvalue weighted by molar-refractivity contribution is -0.151. The molecule has 1 heterocycles. The Morgan fingerprint density at radius 3 is 2.64 bits per heavy atom. The SMILES string of the molecule is O=C1OC(=O)C2C1=CC=CC2=S(=O)=O. The van der Waals surface area contributed by atoms with Crippen molar-refractivity contribution in [3.63, 3.8) is 0 Å². The number of rotatable bonds is 0. The third kappa shape index (κ3) is 1.12. The summed E-state index contributed by atoms with van der Waals surface area (Å²) >= 11 is 0. The fourth-order valence-electron chi connectivity index (χ4n) is 1.38. The average Bonchev–Trinajstić information content (AvgIpc) is 2.43. The molecular weight excluding hydrogens is 208 g/mol. The van der Waals surface area contributed by atoms with E-state index in [0.29, 0.717) is 0 Å². The molecule has 0 aromatic heterocycles. The third-order valence-electron chi connectivity index (χ3n) is 1.99. The normalized spacial score (nSPS) is 24.4. The van der Waals surface area contributed by atoms with Crippen LogP contribution in [0.15, 0.2) is 23.8 Å². The average molecular weight is 212 g/mol. The van der Waals surface area contributed by atoms with Crippen molar-refractivity contribution in [1.82, 2.24) is 0 Å². The standard InChI is InChI=1S/C8H4O5S/c9-7-4-2-1-3-5(14(11)12)6(4)8(10)13-7/h1-3,6H. The van der Waals surface area contributed by atoms with Gasteiger partial charge in [-0.1, -0.05) is 12.2 Å². The number of cyclic esters (lactones) is 2. The number of carbonyl (C=O) groups excluding carboxylic acids is 2. The van der Waals surface area contributed by atoms with Crippen LogP contribution < -0.4 is 0 Å². The predicted molar refractivity (Wildman–Crippen MR) is 45.7 cm³/mol. The van der Waals surface area contributed by atoms with Gasteiger partial charge in [-0.3, -0.25) is 4.79 Å². The van der Waals surface area contributed by atoms with E-state index in [1.165, 1.54) is 18.2 Å². The van der Waals surface area contributed by atoms with Gasteiger partial charge in [-0.05, 0) is 6.08 Å². The molecule has 0 spiro atoms. The van der Waals surface area contributed by atoms with Crippen LogP contribution in [0.3, 0.4) is 0 Å². The molecule has 72 valence electrons. The fourth-order valence-corrected chi connectivity index (χ4v) is 1.99. The Morgan fingerprint density at radius 1 is 1.29 bits per heavy atom. The highest BCUT2D eigenvalue weighted by atomic mass is 32.2. The van der Waals surface area contributed by atoms with Gasteiger partial charge < -0.3 is 4.74 Å². The third-order valence-corrected chi connectivity index (χ3v) is 2.75. The zero-order valence-corrected chi connectivity index (χ0v) is 7.58. The second kappa shape index (κ2) is 2.91. The van der Waals surface area contributed by atoms with Gasteiger partial charge in [0.05, 0.1) is 10.4 Å². The van der Waals surface area contributed by atoms with E-state index in [1.807, 2.05) is 0 Å². The topological polar surface area (TPSA) is 77.5 Å². The molecule has 2 rings (SSSR count). The van der Waals surface area contributed by atoms with Crippen LogP contribution >= 0.6 is 0 Å². The van der Waals surface area contributed by atoms with Crippen molar-refractivity contribution in [1.29, 1.82) is 0 Å². The molecule has 5 nitrogen and oxygen atoms in total. The number of hydrogen-bond acceptors (Lipinski definition) is 5. The Morgan fingerprint density at radius 2 is 2.00 bits per heavy atom. The maximum Gasteiger partial charge on any atom is 0.342 e. The Kier molecular flexibility index (Phi) is 1.85. The molecule has 0 amide bonds. The van der Waals surface area contributed by atoms with Gasteiger partial charge in [-0.25, -0.2) is 4.79 Å². The van der Waals surface area contributed by atoms with Gasteiger partial charge in [0.2, 0.25) is 10.3 Å². The second-order valence-electron chi connectivity index (χ2n) is 2.76. The summed E-state index contributed by atoms with van der Waals surface area (Å²) in [5, 5.41) is 0. The first-order valence-corrected chi connectivity index (χ1v) is 4.79. The minimum Gasteiger partial charge on any atom is -0.389 e. The van der Waals surface area contributed by atoms with E-state index >= 15 is 0 Å². The van der Waals surface area contributed by atoms with Crippen LogP contribution in [0.25, 0.3) is 0 Å². The zero-order chi connectivity index (χ0) is 10.3. The first-order valence-electron chi connectivity index (χ1n) is 3.71. The van der Waals surface area contributed by atoms with Crippen molar-refractivity contribution in [2.45, 2.75) is 0 Å². The number of allylic oxidation sites excluding steroid dienone is 3. The molecule has 6 heteroatoms. The molecule has 1 aliphatic heterocycles. The minimum atomic E-state index is -2.51. The number of carbonyl (C=O) groups is 2. The number of fused-ring (bicyclic) bond motifs is 1. The maximum absolute atomic E-state index is 11.1. The van der Waals surface area contributed by atoms with Gasteiger partial charge in [0.25, 0.3) is 0 Å². The summed E-state index contributed by atoms with van der Waals surface area (Å²) in [7, 11) is -2.51. The molecule has 1 saturated heterocycles. The van der Waals surface area contributed by atoms with Gasteiger partial charge in [0, 0.05) is 0 Å². The molecule has 14 heavy (non-hydrogen) atoms. The first-order chi connectivity index (χ1) is 6.61. The molecule has 1 atom stereocenters. The molecule has 2 aliphatic rings. The lowest BCUT2D eigenvalue weighted by Gasteiger charge is -2.05. The molecule has 0 aromatic rings. The smallest absolute Gasteiger partial charge is 0.342 e. The van der Waals surface area contributed by atoms with Crippen molar-refractivity contribution >= 4 is 27.1 Å². The summed E-state index contributed by atoms with van der Waals surface area (Å²) in [5.41, 5.74) is 0.0803. The van der Waals surface area contributed by atoms with Crippen molar-refractivity contribution in [3.8, 4) is 0 Å². The van der Waals surface area contributed by atoms with Crippen molar-refractivity contribution in [2.24, 2.45) is 5.92 Å². The molecular formula is C8H4O5S. The molecule has 1 aliphatic carbocycles. The molecule has 1 fully saturated rings. The van der Waals surface area contributed by atoms with Gasteiger partial charge >= 0.3 is 11.9 Å². The van der Waals surface area contributed by atoms with Crippen LogP contribution in [0.5, 0.6) is 0 Å². The monoisotopic (exact) mass is 212 g/mol. The summed E-state index contributed by atoms with van der Waals surface area (Å²) in [4.78, 5) is 22.0. The summed E-state index contributed by atoms with van der Waals surface area (Å²) in [6, 6.07) is 0. The van der Waals surface area contributed by atoms with Crippen molar-refractivity contribution in [2.75, 3.05) is 0 Å². The van der Waals surface area contributed by atoms with E-state index in [1.54, 1.807) is 0 Å². The van der Waals surface area contributed by atoms with Crippen LogP contribution in [-0.2, 0) is 24.6 Å². The summed E-state index contributed by atoms with van der Waals surface area (Å²) < 4.78 is 25.7. The van der Waals surface area contributed by atoms with Crippen molar-refractivity contribution in [3.05, 3.63) is 23.8 Å². The van der Waals surface area contributed by atoms with E-state index in [4.69, 9.17) is 0 Å².